The molecule has 1 fully saturated rings. The average Bonchev–Trinajstić information content (AvgIpc) is 3.24. The van der Waals surface area contributed by atoms with Crippen molar-refractivity contribution in [3.8, 4) is 11.1 Å². The number of hydrogen-bond donors (Lipinski definition) is 2. The Labute approximate surface area is 147 Å². The third kappa shape index (κ3) is 2.40. The Morgan fingerprint density at radius 2 is 2.19 bits per heavy atom. The van der Waals surface area contributed by atoms with Crippen molar-refractivity contribution < 1.29 is 8.78 Å². The standard InChI is InChI=1S/C18H16F2N6/c19-14-6-11(9-26-5-4-21-16(14)26)12-7-22-15-13(12)8-23-17(25-15)24-10-18(20)2-1-3-18/h4-9H,1-3,10H2,(H2,22,23,24,25). The van der Waals surface area contributed by atoms with Crippen molar-refractivity contribution in [2.75, 3.05) is 11.9 Å². The maximum atomic E-state index is 14.2. The number of halogens is 2. The molecule has 1 saturated carbocycles. The lowest BCUT2D eigenvalue weighted by atomic mass is 9.82. The van der Waals surface area contributed by atoms with Crippen molar-refractivity contribution in [2.45, 2.75) is 24.9 Å². The van der Waals surface area contributed by atoms with E-state index in [1.54, 1.807) is 29.2 Å². The van der Waals surface area contributed by atoms with E-state index < -0.39 is 11.5 Å². The molecular weight excluding hydrogens is 338 g/mol. The smallest absolute Gasteiger partial charge is 0.224 e. The highest BCUT2D eigenvalue weighted by Gasteiger charge is 2.36. The summed E-state index contributed by atoms with van der Waals surface area (Å²) < 4.78 is 30.0. The number of anilines is 1. The summed E-state index contributed by atoms with van der Waals surface area (Å²) in [4.78, 5) is 15.7. The van der Waals surface area contributed by atoms with E-state index in [0.29, 0.717) is 30.0 Å². The molecule has 2 N–H and O–H groups in total. The van der Waals surface area contributed by atoms with Crippen LogP contribution in [0.15, 0.2) is 37.1 Å². The van der Waals surface area contributed by atoms with Crippen LogP contribution in [0.5, 0.6) is 0 Å². The first kappa shape index (κ1) is 15.2. The SMILES string of the molecule is Fc1cc(-c2c[nH]c3nc(NCC4(F)CCC4)ncc23)cn2ccnc12. The lowest BCUT2D eigenvalue weighted by Crippen LogP contribution is -2.39. The predicted molar refractivity (Wildman–Crippen MR) is 94.2 cm³/mol. The van der Waals surface area contributed by atoms with Crippen LogP contribution < -0.4 is 5.32 Å². The number of hydrogen-bond acceptors (Lipinski definition) is 4. The third-order valence-electron chi connectivity index (χ3n) is 5.00. The maximum Gasteiger partial charge on any atom is 0.224 e. The van der Waals surface area contributed by atoms with Gasteiger partial charge in [0.05, 0.1) is 6.54 Å². The van der Waals surface area contributed by atoms with Crippen LogP contribution in [0.2, 0.25) is 0 Å². The van der Waals surface area contributed by atoms with Gasteiger partial charge in [-0.05, 0) is 25.3 Å². The van der Waals surface area contributed by atoms with E-state index in [1.165, 1.54) is 6.07 Å². The topological polar surface area (TPSA) is 70.9 Å². The zero-order chi connectivity index (χ0) is 17.7. The molecule has 8 heteroatoms. The van der Waals surface area contributed by atoms with Gasteiger partial charge in [-0.15, -0.1) is 0 Å². The van der Waals surface area contributed by atoms with Crippen LogP contribution in [-0.4, -0.2) is 36.6 Å². The number of aromatic amines is 1. The number of aromatic nitrogens is 5. The van der Waals surface area contributed by atoms with E-state index in [2.05, 4.69) is 25.3 Å². The van der Waals surface area contributed by atoms with Crippen molar-refractivity contribution >= 4 is 22.6 Å². The fraction of sp³-hybridized carbons (Fsp3) is 0.278. The zero-order valence-electron chi connectivity index (χ0n) is 13.8. The normalized spacial score (nSPS) is 16.1. The number of fused-ring (bicyclic) bond motifs is 2. The first-order valence-electron chi connectivity index (χ1n) is 8.51. The second-order valence-electron chi connectivity index (χ2n) is 6.75. The van der Waals surface area contributed by atoms with Gasteiger partial charge in [-0.3, -0.25) is 0 Å². The summed E-state index contributed by atoms with van der Waals surface area (Å²) in [5, 5.41) is 3.74. The molecule has 0 spiro atoms. The summed E-state index contributed by atoms with van der Waals surface area (Å²) in [7, 11) is 0. The van der Waals surface area contributed by atoms with Gasteiger partial charge in [0.25, 0.3) is 0 Å². The number of H-pyrrole nitrogens is 1. The van der Waals surface area contributed by atoms with Gasteiger partial charge >= 0.3 is 0 Å². The summed E-state index contributed by atoms with van der Waals surface area (Å²) in [6, 6.07) is 1.44. The number of nitrogens with zero attached hydrogens (tertiary/aromatic N) is 4. The lowest BCUT2D eigenvalue weighted by molar-refractivity contribution is 0.0782. The molecule has 0 radical (unpaired) electrons. The van der Waals surface area contributed by atoms with Crippen LogP contribution >= 0.6 is 0 Å². The van der Waals surface area contributed by atoms with Crippen LogP contribution in [0, 0.1) is 5.82 Å². The molecular formula is C18H16F2N6. The molecule has 0 amide bonds. The van der Waals surface area contributed by atoms with E-state index in [9.17, 15) is 8.78 Å². The van der Waals surface area contributed by atoms with Crippen molar-refractivity contribution in [3.05, 3.63) is 42.9 Å². The summed E-state index contributed by atoms with van der Waals surface area (Å²) in [6.07, 6.45) is 10.6. The Hall–Kier alpha value is -3.03. The molecule has 4 aromatic rings. The Bertz CT molecular complexity index is 1110. The van der Waals surface area contributed by atoms with Crippen molar-refractivity contribution in [1.82, 2.24) is 24.3 Å². The van der Waals surface area contributed by atoms with Gasteiger partial charge < -0.3 is 14.7 Å². The molecule has 6 nitrogen and oxygen atoms in total. The van der Waals surface area contributed by atoms with E-state index in [4.69, 9.17) is 0 Å². The minimum Gasteiger partial charge on any atom is -0.351 e. The molecule has 4 aromatic heterocycles. The molecule has 0 bridgehead atoms. The van der Waals surface area contributed by atoms with Crippen LogP contribution in [0.1, 0.15) is 19.3 Å². The molecule has 5 rings (SSSR count). The highest BCUT2D eigenvalue weighted by atomic mass is 19.1. The molecule has 0 saturated heterocycles. The van der Waals surface area contributed by atoms with Gasteiger partial charge in [0, 0.05) is 47.5 Å². The highest BCUT2D eigenvalue weighted by molar-refractivity contribution is 5.93. The molecule has 0 atom stereocenters. The molecule has 26 heavy (non-hydrogen) atoms. The summed E-state index contributed by atoms with van der Waals surface area (Å²) in [5.41, 5.74) is 1.25. The minimum absolute atomic E-state index is 0.217. The van der Waals surface area contributed by atoms with Gasteiger partial charge in [0.2, 0.25) is 5.95 Å². The van der Waals surface area contributed by atoms with Gasteiger partial charge in [-0.25, -0.2) is 18.7 Å². The zero-order valence-corrected chi connectivity index (χ0v) is 13.8. The number of rotatable bonds is 4. The molecule has 0 aliphatic heterocycles. The first-order valence-corrected chi connectivity index (χ1v) is 8.51. The quantitative estimate of drug-likeness (QED) is 0.586. The lowest BCUT2D eigenvalue weighted by Gasteiger charge is -2.33. The first-order chi connectivity index (χ1) is 12.6. The summed E-state index contributed by atoms with van der Waals surface area (Å²) >= 11 is 0. The number of pyridine rings is 1. The van der Waals surface area contributed by atoms with Crippen molar-refractivity contribution in [1.29, 1.82) is 0 Å². The largest absolute Gasteiger partial charge is 0.351 e. The Kier molecular flexibility index (Phi) is 3.22. The second-order valence-corrected chi connectivity index (χ2v) is 6.75. The minimum atomic E-state index is -1.14. The second kappa shape index (κ2) is 5.48. The number of imidazole rings is 1. The number of alkyl halides is 1. The maximum absolute atomic E-state index is 14.2. The molecule has 132 valence electrons. The molecule has 1 aliphatic rings. The fourth-order valence-corrected chi connectivity index (χ4v) is 3.34. The van der Waals surface area contributed by atoms with E-state index in [-0.39, 0.29) is 12.2 Å². The monoisotopic (exact) mass is 354 g/mol. The Morgan fingerprint density at radius 3 is 3.00 bits per heavy atom. The molecule has 0 aromatic carbocycles. The van der Waals surface area contributed by atoms with Gasteiger partial charge in [-0.2, -0.15) is 4.98 Å². The predicted octanol–water partition coefficient (Wildman–Crippen LogP) is 3.72. The van der Waals surface area contributed by atoms with E-state index in [0.717, 1.165) is 17.4 Å². The summed E-state index contributed by atoms with van der Waals surface area (Å²) in [5.74, 6) is -0.0131. The molecule has 0 unspecified atom stereocenters. The van der Waals surface area contributed by atoms with E-state index >= 15 is 0 Å². The number of nitrogens with one attached hydrogen (secondary N) is 2. The van der Waals surface area contributed by atoms with E-state index in [1.807, 2.05) is 6.20 Å². The van der Waals surface area contributed by atoms with Crippen LogP contribution in [0.3, 0.4) is 0 Å². The molecule has 1 aliphatic carbocycles. The highest BCUT2D eigenvalue weighted by Crippen LogP contribution is 2.35. The van der Waals surface area contributed by atoms with Gasteiger partial charge in [-0.1, -0.05) is 0 Å². The van der Waals surface area contributed by atoms with Crippen LogP contribution in [0.25, 0.3) is 27.8 Å². The van der Waals surface area contributed by atoms with Gasteiger partial charge in [0.1, 0.15) is 11.3 Å². The van der Waals surface area contributed by atoms with Crippen LogP contribution in [0.4, 0.5) is 14.7 Å². The molecule has 4 heterocycles. The average molecular weight is 354 g/mol. The fourth-order valence-electron chi connectivity index (χ4n) is 3.34. The summed E-state index contributed by atoms with van der Waals surface area (Å²) in [6.45, 7) is 0.217. The van der Waals surface area contributed by atoms with Gasteiger partial charge in [0.15, 0.2) is 11.5 Å². The van der Waals surface area contributed by atoms with Crippen molar-refractivity contribution in [2.24, 2.45) is 0 Å². The third-order valence-corrected chi connectivity index (χ3v) is 5.00. The Balaban J connectivity index is 1.48. The van der Waals surface area contributed by atoms with Crippen molar-refractivity contribution in [3.63, 3.8) is 0 Å². The Morgan fingerprint density at radius 1 is 1.31 bits per heavy atom. The van der Waals surface area contributed by atoms with Crippen LogP contribution in [-0.2, 0) is 0 Å².